The van der Waals surface area contributed by atoms with E-state index in [1.165, 1.54) is 0 Å². The second kappa shape index (κ2) is 10.0. The van der Waals surface area contributed by atoms with E-state index in [0.29, 0.717) is 26.9 Å². The zero-order chi connectivity index (χ0) is 24.2. The first-order chi connectivity index (χ1) is 15.5. The molecule has 0 radical (unpaired) electrons. The lowest BCUT2D eigenvalue weighted by Crippen LogP contribution is -2.24. The molecule has 0 saturated heterocycles. The Morgan fingerprint density at radius 2 is 1.82 bits per heavy atom. The molecule has 0 unspecified atom stereocenters. The van der Waals surface area contributed by atoms with Crippen molar-refractivity contribution < 1.29 is 31.9 Å². The van der Waals surface area contributed by atoms with Crippen molar-refractivity contribution in [1.29, 1.82) is 5.41 Å². The lowest BCUT2D eigenvalue weighted by atomic mass is 10.1. The summed E-state index contributed by atoms with van der Waals surface area (Å²) in [7, 11) is 0. The molecule has 0 spiro atoms. The highest BCUT2D eigenvalue weighted by Gasteiger charge is 2.35. The van der Waals surface area contributed by atoms with Gasteiger partial charge in [-0.15, -0.1) is 11.3 Å². The first-order valence-corrected chi connectivity index (χ1v) is 10.4. The van der Waals surface area contributed by atoms with Crippen molar-refractivity contribution in [2.75, 3.05) is 0 Å². The normalized spacial score (nSPS) is 12.1. The zero-order valence-corrected chi connectivity index (χ0v) is 17.7. The maximum Gasteiger partial charge on any atom is 0.429 e. The number of nitrogens with one attached hydrogen (secondary N) is 1. The number of hydrogen-bond acceptors (Lipinski definition) is 4. The van der Waals surface area contributed by atoms with Gasteiger partial charge in [-0.3, -0.25) is 9.79 Å². The van der Waals surface area contributed by atoms with E-state index in [0.717, 1.165) is 23.5 Å². The molecular formula is C23H17F5N2O2S. The fourth-order valence-electron chi connectivity index (χ4n) is 2.98. The van der Waals surface area contributed by atoms with E-state index in [4.69, 9.17) is 10.5 Å². The molecule has 4 nitrogen and oxygen atoms in total. The summed E-state index contributed by atoms with van der Waals surface area (Å²) in [4.78, 5) is 16.1. The second-order valence-corrected chi connectivity index (χ2v) is 8.17. The van der Waals surface area contributed by atoms with E-state index in [2.05, 4.69) is 4.99 Å². The number of carboxylic acids is 1. The molecule has 172 valence electrons. The summed E-state index contributed by atoms with van der Waals surface area (Å²) in [5, 5.41) is 16.3. The molecule has 0 amide bonds. The molecule has 2 N–H and O–H groups in total. The smallest absolute Gasteiger partial charge is 0.429 e. The van der Waals surface area contributed by atoms with Crippen LogP contribution in [0.2, 0.25) is 0 Å². The van der Waals surface area contributed by atoms with Gasteiger partial charge in [0.15, 0.2) is 0 Å². The monoisotopic (exact) mass is 480 g/mol. The molecule has 3 rings (SSSR count). The van der Waals surface area contributed by atoms with Gasteiger partial charge in [0.2, 0.25) is 0 Å². The third-order valence-electron chi connectivity index (χ3n) is 4.60. The molecule has 0 atom stereocenters. The first kappa shape index (κ1) is 24.2. The minimum atomic E-state index is -4.84. The van der Waals surface area contributed by atoms with Crippen LogP contribution in [0.15, 0.2) is 59.6 Å². The van der Waals surface area contributed by atoms with Gasteiger partial charge in [-0.2, -0.15) is 13.2 Å². The van der Waals surface area contributed by atoms with Gasteiger partial charge in [0.25, 0.3) is 0 Å². The third-order valence-corrected chi connectivity index (χ3v) is 5.78. The predicted molar refractivity (Wildman–Crippen MR) is 116 cm³/mol. The Hall–Kier alpha value is -3.40. The molecule has 3 aromatic rings. The molecule has 10 heteroatoms. The molecule has 33 heavy (non-hydrogen) atoms. The molecule has 0 fully saturated rings. The van der Waals surface area contributed by atoms with Gasteiger partial charge < -0.3 is 10.5 Å². The van der Waals surface area contributed by atoms with Crippen LogP contribution < -0.4 is 0 Å². The topological polar surface area (TPSA) is 73.5 Å². The predicted octanol–water partition coefficient (Wildman–Crippen LogP) is 6.28. The van der Waals surface area contributed by atoms with Crippen molar-refractivity contribution in [2.45, 2.75) is 25.6 Å². The largest absolute Gasteiger partial charge is 0.481 e. The van der Waals surface area contributed by atoms with E-state index >= 15 is 0 Å². The summed E-state index contributed by atoms with van der Waals surface area (Å²) in [5.74, 6) is -2.65. The van der Waals surface area contributed by atoms with Crippen LogP contribution >= 0.6 is 11.3 Å². The number of carboxylic acid groups (broad SMARTS) is 1. The highest BCUT2D eigenvalue weighted by molar-refractivity contribution is 7.17. The van der Waals surface area contributed by atoms with Gasteiger partial charge >= 0.3 is 12.1 Å². The highest BCUT2D eigenvalue weighted by atomic mass is 32.1. The van der Waals surface area contributed by atoms with Gasteiger partial charge in [-0.05, 0) is 35.4 Å². The second-order valence-electron chi connectivity index (χ2n) is 7.09. The summed E-state index contributed by atoms with van der Waals surface area (Å²) in [5.41, 5.74) is -0.307. The zero-order valence-electron chi connectivity index (χ0n) is 16.9. The summed E-state index contributed by atoms with van der Waals surface area (Å²) < 4.78 is 66.0. The molecule has 0 aliphatic rings. The molecule has 0 aliphatic carbocycles. The Morgan fingerprint density at radius 3 is 2.48 bits per heavy atom. The standard InChI is InChI=1S/C23H17F5N2O2S/c24-16-5-4-15(17(25)10-16)12-30-18(11-21(29)23(26,27)28)20-7-6-19(33-20)14-3-1-2-13(8-14)9-22(31)32/h1-8,10,29H,9,11-12H2,(H,31,32). The van der Waals surface area contributed by atoms with Crippen molar-refractivity contribution in [3.8, 4) is 10.4 Å². The Kier molecular flexibility index (Phi) is 7.37. The number of thiophene rings is 1. The Bertz CT molecular complexity index is 1220. The average molecular weight is 480 g/mol. The van der Waals surface area contributed by atoms with E-state index < -0.39 is 35.9 Å². The van der Waals surface area contributed by atoms with Crippen LogP contribution in [0.3, 0.4) is 0 Å². The van der Waals surface area contributed by atoms with Crippen LogP contribution in [0.1, 0.15) is 22.4 Å². The van der Waals surface area contributed by atoms with Crippen molar-refractivity contribution in [1.82, 2.24) is 0 Å². The van der Waals surface area contributed by atoms with Crippen molar-refractivity contribution >= 4 is 28.7 Å². The summed E-state index contributed by atoms with van der Waals surface area (Å²) in [6.45, 7) is -0.325. The first-order valence-electron chi connectivity index (χ1n) is 9.56. The van der Waals surface area contributed by atoms with Crippen LogP contribution in [0.25, 0.3) is 10.4 Å². The van der Waals surface area contributed by atoms with Crippen LogP contribution in [0, 0.1) is 17.0 Å². The lowest BCUT2D eigenvalue weighted by molar-refractivity contribution is -0.136. The number of aliphatic imine (C=N–C) groups is 1. The van der Waals surface area contributed by atoms with E-state index in [-0.39, 0.29) is 24.2 Å². The molecular weight excluding hydrogens is 463 g/mol. The van der Waals surface area contributed by atoms with Gasteiger partial charge in [-0.25, -0.2) is 8.78 Å². The molecule has 1 aromatic heterocycles. The van der Waals surface area contributed by atoms with Crippen molar-refractivity contribution in [3.05, 3.63) is 82.2 Å². The SMILES string of the molecule is N=C(CC(=NCc1ccc(F)cc1F)c1ccc(-c2cccc(CC(=O)O)c2)s1)C(F)(F)F. The minimum Gasteiger partial charge on any atom is -0.481 e. The number of hydrogen-bond donors (Lipinski definition) is 2. The maximum atomic E-state index is 13.9. The number of halogens is 5. The fourth-order valence-corrected chi connectivity index (χ4v) is 3.98. The third kappa shape index (κ3) is 6.55. The summed E-state index contributed by atoms with van der Waals surface area (Å²) in [6, 6.07) is 12.8. The van der Waals surface area contributed by atoms with Crippen LogP contribution in [-0.2, 0) is 17.8 Å². The number of nitrogens with zero attached hydrogens (tertiary/aromatic N) is 1. The van der Waals surface area contributed by atoms with Gasteiger partial charge in [-0.1, -0.05) is 24.3 Å². The maximum absolute atomic E-state index is 13.9. The molecule has 2 aromatic carbocycles. The van der Waals surface area contributed by atoms with Crippen molar-refractivity contribution in [2.24, 2.45) is 4.99 Å². The number of aliphatic carboxylic acids is 1. The van der Waals surface area contributed by atoms with Crippen molar-refractivity contribution in [3.63, 3.8) is 0 Å². The van der Waals surface area contributed by atoms with Gasteiger partial charge in [0, 0.05) is 27.8 Å². The number of rotatable bonds is 8. The van der Waals surface area contributed by atoms with Crippen LogP contribution in [-0.4, -0.2) is 28.7 Å². The number of benzene rings is 2. The number of alkyl halides is 3. The van der Waals surface area contributed by atoms with Gasteiger partial charge in [0.05, 0.1) is 18.7 Å². The van der Waals surface area contributed by atoms with E-state index in [1.807, 2.05) is 0 Å². The Labute approximate surface area is 189 Å². The molecule has 0 saturated carbocycles. The molecule has 0 aliphatic heterocycles. The average Bonchev–Trinajstić information content (AvgIpc) is 3.21. The Balaban J connectivity index is 1.93. The highest BCUT2D eigenvalue weighted by Crippen LogP contribution is 2.31. The summed E-state index contributed by atoms with van der Waals surface area (Å²) >= 11 is 1.12. The fraction of sp³-hybridized carbons (Fsp3) is 0.174. The van der Waals surface area contributed by atoms with Gasteiger partial charge in [0.1, 0.15) is 17.3 Å². The quantitative estimate of drug-likeness (QED) is 0.294. The van der Waals surface area contributed by atoms with E-state index in [1.54, 1.807) is 36.4 Å². The molecule has 1 heterocycles. The van der Waals surface area contributed by atoms with E-state index in [9.17, 15) is 26.7 Å². The van der Waals surface area contributed by atoms with Crippen LogP contribution in [0.5, 0.6) is 0 Å². The lowest BCUT2D eigenvalue weighted by Gasteiger charge is -2.10. The van der Waals surface area contributed by atoms with Crippen LogP contribution in [0.4, 0.5) is 22.0 Å². The molecule has 0 bridgehead atoms. The number of carbonyl (C=O) groups is 1. The minimum absolute atomic E-state index is 0.00518. The summed E-state index contributed by atoms with van der Waals surface area (Å²) in [6.07, 6.45) is -5.83. The Morgan fingerprint density at radius 1 is 1.06 bits per heavy atom.